The minimum atomic E-state index is 0.770. The van der Waals surface area contributed by atoms with Gasteiger partial charge in [-0.15, -0.1) is 0 Å². The quantitative estimate of drug-likeness (QED) is 0.305. The molecular formula is C18H34. The number of rotatable bonds is 10. The Morgan fingerprint density at radius 1 is 1.06 bits per heavy atom. The van der Waals surface area contributed by atoms with E-state index < -0.39 is 0 Å². The molecule has 0 aliphatic carbocycles. The van der Waals surface area contributed by atoms with Gasteiger partial charge in [0, 0.05) is 0 Å². The highest BCUT2D eigenvalue weighted by Crippen LogP contribution is 2.17. The average Bonchev–Trinajstić information content (AvgIpc) is 2.33. The Hall–Kier alpha value is -0.520. The van der Waals surface area contributed by atoms with E-state index in [1.807, 2.05) is 0 Å². The molecule has 0 rings (SSSR count). The number of hydrogen-bond donors (Lipinski definition) is 0. The van der Waals surface area contributed by atoms with Crippen LogP contribution in [-0.2, 0) is 0 Å². The SMILES string of the molecule is CCCCC=C(C)CCCC=CC(CC)C(C)C. The smallest absolute Gasteiger partial charge is 0.0213 e. The van der Waals surface area contributed by atoms with Gasteiger partial charge in [0.05, 0.1) is 0 Å². The number of hydrogen-bond acceptors (Lipinski definition) is 0. The largest absolute Gasteiger partial charge is 0.0882 e. The monoisotopic (exact) mass is 250 g/mol. The Labute approximate surface area is 116 Å². The van der Waals surface area contributed by atoms with E-state index in [0.717, 1.165) is 11.8 Å². The first-order chi connectivity index (χ1) is 8.61. The second-order valence-corrected chi connectivity index (χ2v) is 5.83. The van der Waals surface area contributed by atoms with Crippen molar-refractivity contribution >= 4 is 0 Å². The normalized spacial score (nSPS) is 14.7. The van der Waals surface area contributed by atoms with Crippen molar-refractivity contribution in [2.75, 3.05) is 0 Å². The van der Waals surface area contributed by atoms with Crippen LogP contribution in [0.15, 0.2) is 23.8 Å². The van der Waals surface area contributed by atoms with E-state index in [4.69, 9.17) is 0 Å². The maximum absolute atomic E-state index is 2.43. The lowest BCUT2D eigenvalue weighted by atomic mass is 9.92. The molecule has 0 radical (unpaired) electrons. The van der Waals surface area contributed by atoms with Crippen LogP contribution in [-0.4, -0.2) is 0 Å². The second-order valence-electron chi connectivity index (χ2n) is 5.83. The molecule has 0 nitrogen and oxygen atoms in total. The zero-order chi connectivity index (χ0) is 13.8. The van der Waals surface area contributed by atoms with Crippen LogP contribution >= 0.6 is 0 Å². The summed E-state index contributed by atoms with van der Waals surface area (Å²) < 4.78 is 0. The Bertz CT molecular complexity index is 232. The molecule has 0 aromatic heterocycles. The molecule has 0 N–H and O–H groups in total. The maximum Gasteiger partial charge on any atom is -0.0213 e. The van der Waals surface area contributed by atoms with E-state index in [1.54, 1.807) is 5.57 Å². The van der Waals surface area contributed by atoms with E-state index in [0.29, 0.717) is 0 Å². The van der Waals surface area contributed by atoms with Gasteiger partial charge in [0.25, 0.3) is 0 Å². The zero-order valence-corrected chi connectivity index (χ0v) is 13.3. The fraction of sp³-hybridized carbons (Fsp3) is 0.778. The van der Waals surface area contributed by atoms with Gasteiger partial charge in [0.15, 0.2) is 0 Å². The van der Waals surface area contributed by atoms with Crippen molar-refractivity contribution in [3.63, 3.8) is 0 Å². The van der Waals surface area contributed by atoms with Crippen LogP contribution in [0.3, 0.4) is 0 Å². The third kappa shape index (κ3) is 9.50. The third-order valence-corrected chi connectivity index (χ3v) is 3.70. The molecule has 0 aromatic carbocycles. The van der Waals surface area contributed by atoms with E-state index >= 15 is 0 Å². The van der Waals surface area contributed by atoms with Gasteiger partial charge >= 0.3 is 0 Å². The van der Waals surface area contributed by atoms with Gasteiger partial charge in [-0.3, -0.25) is 0 Å². The molecule has 0 heteroatoms. The fourth-order valence-corrected chi connectivity index (χ4v) is 2.25. The van der Waals surface area contributed by atoms with E-state index in [9.17, 15) is 0 Å². The van der Waals surface area contributed by atoms with Crippen LogP contribution in [0, 0.1) is 11.8 Å². The molecule has 0 saturated carbocycles. The molecule has 0 aromatic rings. The second kappa shape index (κ2) is 11.6. The van der Waals surface area contributed by atoms with Crippen molar-refractivity contribution in [3.05, 3.63) is 23.8 Å². The van der Waals surface area contributed by atoms with Crippen LogP contribution in [0.25, 0.3) is 0 Å². The van der Waals surface area contributed by atoms with Crippen LogP contribution in [0.1, 0.15) is 79.6 Å². The molecule has 1 unspecified atom stereocenters. The number of unbranched alkanes of at least 4 members (excludes halogenated alkanes) is 3. The molecule has 0 fully saturated rings. The van der Waals surface area contributed by atoms with Crippen LogP contribution in [0.5, 0.6) is 0 Å². The van der Waals surface area contributed by atoms with Gasteiger partial charge in [0.1, 0.15) is 0 Å². The molecule has 0 bridgehead atoms. The summed E-state index contributed by atoms with van der Waals surface area (Å²) in [6, 6.07) is 0. The summed E-state index contributed by atoms with van der Waals surface area (Å²) in [5, 5.41) is 0. The van der Waals surface area contributed by atoms with E-state index in [2.05, 4.69) is 52.8 Å². The molecule has 0 heterocycles. The highest BCUT2D eigenvalue weighted by molar-refractivity contribution is 4.98. The Morgan fingerprint density at radius 2 is 1.78 bits per heavy atom. The Balaban J connectivity index is 3.72. The van der Waals surface area contributed by atoms with Crippen LogP contribution < -0.4 is 0 Å². The van der Waals surface area contributed by atoms with Crippen molar-refractivity contribution in [2.45, 2.75) is 79.6 Å². The molecular weight excluding hydrogens is 216 g/mol. The summed E-state index contributed by atoms with van der Waals surface area (Å²) in [5.74, 6) is 1.55. The summed E-state index contributed by atoms with van der Waals surface area (Å²) in [6.45, 7) is 11.5. The average molecular weight is 250 g/mol. The predicted octanol–water partition coefficient (Wildman–Crippen LogP) is 6.53. The van der Waals surface area contributed by atoms with Gasteiger partial charge in [-0.2, -0.15) is 0 Å². The molecule has 106 valence electrons. The Kier molecular flexibility index (Phi) is 11.2. The molecule has 0 spiro atoms. The highest BCUT2D eigenvalue weighted by atomic mass is 14.1. The standard InChI is InChI=1S/C18H34/c1-6-8-10-13-17(5)14-11-9-12-15-18(7-2)16(3)4/h12-13,15-16,18H,6-11,14H2,1-5H3. The van der Waals surface area contributed by atoms with Gasteiger partial charge in [-0.25, -0.2) is 0 Å². The fourth-order valence-electron chi connectivity index (χ4n) is 2.25. The summed E-state index contributed by atoms with van der Waals surface area (Å²) in [4.78, 5) is 0. The lowest BCUT2D eigenvalue weighted by Crippen LogP contribution is -2.03. The minimum absolute atomic E-state index is 0.770. The first kappa shape index (κ1) is 17.5. The van der Waals surface area contributed by atoms with E-state index in [1.165, 1.54) is 44.9 Å². The van der Waals surface area contributed by atoms with Crippen LogP contribution in [0.2, 0.25) is 0 Å². The van der Waals surface area contributed by atoms with E-state index in [-0.39, 0.29) is 0 Å². The maximum atomic E-state index is 2.43. The minimum Gasteiger partial charge on any atom is -0.0882 e. The summed E-state index contributed by atoms with van der Waals surface area (Å²) in [7, 11) is 0. The van der Waals surface area contributed by atoms with Crippen molar-refractivity contribution < 1.29 is 0 Å². The first-order valence-electron chi connectivity index (χ1n) is 7.94. The van der Waals surface area contributed by atoms with Crippen molar-refractivity contribution in [2.24, 2.45) is 11.8 Å². The van der Waals surface area contributed by atoms with Crippen molar-refractivity contribution in [3.8, 4) is 0 Å². The van der Waals surface area contributed by atoms with Gasteiger partial charge in [-0.1, -0.05) is 64.3 Å². The summed E-state index contributed by atoms with van der Waals surface area (Å²) >= 11 is 0. The van der Waals surface area contributed by atoms with Crippen LogP contribution in [0.4, 0.5) is 0 Å². The molecule has 0 amide bonds. The number of allylic oxidation sites excluding steroid dienone is 4. The van der Waals surface area contributed by atoms with Gasteiger partial charge in [-0.05, 0) is 50.9 Å². The van der Waals surface area contributed by atoms with Crippen molar-refractivity contribution in [1.82, 2.24) is 0 Å². The highest BCUT2D eigenvalue weighted by Gasteiger charge is 2.05. The first-order valence-corrected chi connectivity index (χ1v) is 7.94. The summed E-state index contributed by atoms with van der Waals surface area (Å²) in [5.41, 5.74) is 1.58. The summed E-state index contributed by atoms with van der Waals surface area (Å²) in [6.07, 6.45) is 16.2. The lowest BCUT2D eigenvalue weighted by molar-refractivity contribution is 0.452. The van der Waals surface area contributed by atoms with Gasteiger partial charge < -0.3 is 0 Å². The molecule has 1 atom stereocenters. The van der Waals surface area contributed by atoms with Gasteiger partial charge in [0.2, 0.25) is 0 Å². The molecule has 0 saturated heterocycles. The lowest BCUT2D eigenvalue weighted by Gasteiger charge is -2.13. The zero-order valence-electron chi connectivity index (χ0n) is 13.3. The Morgan fingerprint density at radius 3 is 2.33 bits per heavy atom. The molecule has 0 aliphatic heterocycles. The van der Waals surface area contributed by atoms with Crippen molar-refractivity contribution in [1.29, 1.82) is 0 Å². The predicted molar refractivity (Wildman–Crippen MR) is 84.9 cm³/mol. The topological polar surface area (TPSA) is 0 Å². The molecule has 0 aliphatic rings. The third-order valence-electron chi connectivity index (χ3n) is 3.70. The molecule has 18 heavy (non-hydrogen) atoms.